The van der Waals surface area contributed by atoms with Gasteiger partial charge >= 0.3 is 0 Å². The van der Waals surface area contributed by atoms with Gasteiger partial charge in [0.05, 0.1) is 12.1 Å². The molecule has 0 saturated heterocycles. The number of carbonyl (C=O) groups excluding carboxylic acids is 1. The smallest absolute Gasteiger partial charge is 0.239 e. The molecular weight excluding hydrogens is 200 g/mol. The first-order valence-corrected chi connectivity index (χ1v) is 6.06. The first kappa shape index (κ1) is 13.7. The highest BCUT2D eigenvalue weighted by Crippen LogP contribution is 2.01. The number of hydrogen-bond acceptors (Lipinski definition) is 4. The summed E-state index contributed by atoms with van der Waals surface area (Å²) in [6.45, 7) is 1.99. The van der Waals surface area contributed by atoms with Gasteiger partial charge in [0.2, 0.25) is 5.91 Å². The number of aliphatic hydroxyl groups excluding tert-OH is 1. The van der Waals surface area contributed by atoms with E-state index in [9.17, 15) is 4.79 Å². The SMILES string of the molecule is CSCC[C@@H](N)C(=O)N(C)CC(C)O. The van der Waals surface area contributed by atoms with Crippen molar-refractivity contribution >= 4 is 17.7 Å². The van der Waals surface area contributed by atoms with Crippen LogP contribution in [0.5, 0.6) is 0 Å². The third kappa shape index (κ3) is 5.47. The van der Waals surface area contributed by atoms with Gasteiger partial charge in [0.25, 0.3) is 0 Å². The lowest BCUT2D eigenvalue weighted by Crippen LogP contribution is -2.44. The molecule has 4 nitrogen and oxygen atoms in total. The summed E-state index contributed by atoms with van der Waals surface area (Å²) in [7, 11) is 1.66. The van der Waals surface area contributed by atoms with Gasteiger partial charge in [-0.3, -0.25) is 4.79 Å². The fraction of sp³-hybridized carbons (Fsp3) is 0.889. The average molecular weight is 220 g/mol. The van der Waals surface area contributed by atoms with Crippen LogP contribution in [0, 0.1) is 0 Å². The molecule has 84 valence electrons. The molecule has 0 rings (SSSR count). The summed E-state index contributed by atoms with van der Waals surface area (Å²) in [5.74, 6) is 0.787. The van der Waals surface area contributed by atoms with Crippen LogP contribution in [0.3, 0.4) is 0 Å². The number of thioether (sulfide) groups is 1. The lowest BCUT2D eigenvalue weighted by molar-refractivity contribution is -0.132. The highest BCUT2D eigenvalue weighted by molar-refractivity contribution is 7.98. The summed E-state index contributed by atoms with van der Waals surface area (Å²) in [6, 6.07) is -0.439. The standard InChI is InChI=1S/C9H20N2O2S/c1-7(12)6-11(2)9(13)8(10)4-5-14-3/h7-8,12H,4-6,10H2,1-3H3/t7?,8-/m1/s1. The lowest BCUT2D eigenvalue weighted by atomic mass is 10.2. The Kier molecular flexibility index (Phi) is 6.96. The molecule has 1 amide bonds. The van der Waals surface area contributed by atoms with E-state index in [4.69, 9.17) is 10.8 Å². The van der Waals surface area contributed by atoms with Gasteiger partial charge in [-0.05, 0) is 25.4 Å². The van der Waals surface area contributed by atoms with Gasteiger partial charge in [0.15, 0.2) is 0 Å². The number of rotatable bonds is 6. The molecule has 0 aliphatic carbocycles. The Morgan fingerprint density at radius 2 is 2.21 bits per heavy atom. The molecule has 0 fully saturated rings. The van der Waals surface area contributed by atoms with Crippen LogP contribution in [-0.2, 0) is 4.79 Å². The van der Waals surface area contributed by atoms with Crippen LogP contribution in [0.25, 0.3) is 0 Å². The minimum Gasteiger partial charge on any atom is -0.392 e. The van der Waals surface area contributed by atoms with Crippen molar-refractivity contribution in [3.63, 3.8) is 0 Å². The van der Waals surface area contributed by atoms with E-state index in [1.807, 2.05) is 6.26 Å². The quantitative estimate of drug-likeness (QED) is 0.656. The molecule has 0 spiro atoms. The monoisotopic (exact) mass is 220 g/mol. The van der Waals surface area contributed by atoms with E-state index in [2.05, 4.69) is 0 Å². The van der Waals surface area contributed by atoms with E-state index in [0.29, 0.717) is 13.0 Å². The maximum absolute atomic E-state index is 11.6. The van der Waals surface area contributed by atoms with Gasteiger partial charge < -0.3 is 15.7 Å². The van der Waals surface area contributed by atoms with Gasteiger partial charge in [0.1, 0.15) is 0 Å². The second-order valence-electron chi connectivity index (χ2n) is 3.46. The Bertz CT molecular complexity index is 176. The molecule has 0 saturated carbocycles. The molecule has 0 aliphatic rings. The number of aliphatic hydroxyl groups is 1. The van der Waals surface area contributed by atoms with Gasteiger partial charge in [-0.2, -0.15) is 11.8 Å². The molecular formula is C9H20N2O2S. The zero-order valence-electron chi connectivity index (χ0n) is 9.06. The van der Waals surface area contributed by atoms with Crippen molar-refractivity contribution in [1.29, 1.82) is 0 Å². The van der Waals surface area contributed by atoms with Crippen molar-refractivity contribution in [3.05, 3.63) is 0 Å². The molecule has 0 aliphatic heterocycles. The summed E-state index contributed by atoms with van der Waals surface area (Å²) >= 11 is 1.67. The van der Waals surface area contributed by atoms with Gasteiger partial charge in [-0.25, -0.2) is 0 Å². The number of likely N-dealkylation sites (N-methyl/N-ethyl adjacent to an activating group) is 1. The fourth-order valence-electron chi connectivity index (χ4n) is 1.14. The van der Waals surface area contributed by atoms with Crippen molar-refractivity contribution in [3.8, 4) is 0 Å². The van der Waals surface area contributed by atoms with E-state index in [0.717, 1.165) is 5.75 Å². The Hall–Kier alpha value is -0.260. The Morgan fingerprint density at radius 1 is 1.64 bits per heavy atom. The highest BCUT2D eigenvalue weighted by atomic mass is 32.2. The van der Waals surface area contributed by atoms with Crippen molar-refractivity contribution in [1.82, 2.24) is 4.90 Å². The summed E-state index contributed by atoms with van der Waals surface area (Å²) in [5.41, 5.74) is 5.69. The van der Waals surface area contributed by atoms with Gasteiger partial charge in [0, 0.05) is 13.6 Å². The normalized spacial score (nSPS) is 14.9. The number of amides is 1. The third-order valence-electron chi connectivity index (χ3n) is 1.86. The largest absolute Gasteiger partial charge is 0.392 e. The van der Waals surface area contributed by atoms with Crippen LogP contribution in [-0.4, -0.2) is 53.7 Å². The zero-order chi connectivity index (χ0) is 11.1. The number of nitrogens with two attached hydrogens (primary N) is 1. The molecule has 0 heterocycles. The molecule has 0 aromatic carbocycles. The van der Waals surface area contributed by atoms with Crippen LogP contribution < -0.4 is 5.73 Å². The predicted molar refractivity (Wildman–Crippen MR) is 60.3 cm³/mol. The molecule has 2 atom stereocenters. The molecule has 1 unspecified atom stereocenters. The highest BCUT2D eigenvalue weighted by Gasteiger charge is 2.18. The Labute approximate surface area is 89.8 Å². The van der Waals surface area contributed by atoms with E-state index >= 15 is 0 Å². The summed E-state index contributed by atoms with van der Waals surface area (Å²) in [6.07, 6.45) is 2.16. The number of nitrogens with zero attached hydrogens (tertiary/aromatic N) is 1. The van der Waals surface area contributed by atoms with E-state index in [1.54, 1.807) is 25.7 Å². The van der Waals surface area contributed by atoms with Crippen LogP contribution in [0.1, 0.15) is 13.3 Å². The summed E-state index contributed by atoms with van der Waals surface area (Å²) in [4.78, 5) is 13.0. The van der Waals surface area contributed by atoms with Crippen molar-refractivity contribution in [2.75, 3.05) is 25.6 Å². The lowest BCUT2D eigenvalue weighted by Gasteiger charge is -2.22. The molecule has 0 aromatic heterocycles. The molecule has 5 heteroatoms. The third-order valence-corrected chi connectivity index (χ3v) is 2.51. The first-order chi connectivity index (χ1) is 6.49. The van der Waals surface area contributed by atoms with Crippen LogP contribution >= 0.6 is 11.8 Å². The molecule has 0 aromatic rings. The van der Waals surface area contributed by atoms with E-state index in [-0.39, 0.29) is 5.91 Å². The van der Waals surface area contributed by atoms with E-state index < -0.39 is 12.1 Å². The van der Waals surface area contributed by atoms with Crippen molar-refractivity contribution < 1.29 is 9.90 Å². The second-order valence-corrected chi connectivity index (χ2v) is 4.44. The average Bonchev–Trinajstić information content (AvgIpc) is 2.11. The number of hydrogen-bond donors (Lipinski definition) is 2. The molecule has 3 N–H and O–H groups in total. The number of carbonyl (C=O) groups is 1. The molecule has 14 heavy (non-hydrogen) atoms. The molecule has 0 bridgehead atoms. The van der Waals surface area contributed by atoms with Crippen LogP contribution in [0.2, 0.25) is 0 Å². The minimum atomic E-state index is -0.503. The topological polar surface area (TPSA) is 66.6 Å². The maximum Gasteiger partial charge on any atom is 0.239 e. The second kappa shape index (κ2) is 7.09. The minimum absolute atomic E-state index is 0.0973. The summed E-state index contributed by atoms with van der Waals surface area (Å²) < 4.78 is 0. The molecule has 0 radical (unpaired) electrons. The van der Waals surface area contributed by atoms with Crippen molar-refractivity contribution in [2.24, 2.45) is 5.73 Å². The van der Waals surface area contributed by atoms with Crippen LogP contribution in [0.15, 0.2) is 0 Å². The fourth-order valence-corrected chi connectivity index (χ4v) is 1.63. The van der Waals surface area contributed by atoms with E-state index in [1.165, 1.54) is 4.90 Å². The predicted octanol–water partition coefficient (Wildman–Crippen LogP) is -0.0940. The van der Waals surface area contributed by atoms with Gasteiger partial charge in [-0.15, -0.1) is 0 Å². The Balaban J connectivity index is 3.91. The zero-order valence-corrected chi connectivity index (χ0v) is 9.88. The van der Waals surface area contributed by atoms with Crippen LogP contribution in [0.4, 0.5) is 0 Å². The maximum atomic E-state index is 11.6. The summed E-state index contributed by atoms with van der Waals surface area (Å²) in [5, 5.41) is 9.09. The Morgan fingerprint density at radius 3 is 2.64 bits per heavy atom. The van der Waals surface area contributed by atoms with Gasteiger partial charge in [-0.1, -0.05) is 0 Å². The first-order valence-electron chi connectivity index (χ1n) is 4.66. The van der Waals surface area contributed by atoms with Crippen molar-refractivity contribution in [2.45, 2.75) is 25.5 Å².